The molecule has 0 saturated carbocycles. The van der Waals surface area contributed by atoms with Gasteiger partial charge in [-0.15, -0.1) is 0 Å². The highest BCUT2D eigenvalue weighted by atomic mass is 32.2. The number of hydrogen-bond acceptors (Lipinski definition) is 3. The number of carbonyl (C=O) groups excluding carboxylic acids is 1. The normalized spacial score (nSPS) is 13.0. The summed E-state index contributed by atoms with van der Waals surface area (Å²) in [5.41, 5.74) is 1.67. The second-order valence-electron chi connectivity index (χ2n) is 6.27. The SMILES string of the molecule is COCC[S@](=O)Cc1cccc(NC(=O)CC(C)(C)C)c1. The first-order valence-electron chi connectivity index (χ1n) is 7.03. The predicted molar refractivity (Wildman–Crippen MR) is 87.7 cm³/mol. The Labute approximate surface area is 129 Å². The summed E-state index contributed by atoms with van der Waals surface area (Å²) in [5.74, 6) is 1.00. The Bertz CT molecular complexity index is 495. The van der Waals surface area contributed by atoms with Gasteiger partial charge in [-0.25, -0.2) is 0 Å². The first kappa shape index (κ1) is 17.9. The highest BCUT2D eigenvalue weighted by Crippen LogP contribution is 2.20. The van der Waals surface area contributed by atoms with E-state index in [1.54, 1.807) is 7.11 Å². The topological polar surface area (TPSA) is 55.4 Å². The maximum Gasteiger partial charge on any atom is 0.224 e. The van der Waals surface area contributed by atoms with Gasteiger partial charge in [0, 0.05) is 41.5 Å². The molecule has 1 atom stereocenters. The van der Waals surface area contributed by atoms with E-state index in [0.717, 1.165) is 11.3 Å². The molecule has 0 radical (unpaired) electrons. The maximum absolute atomic E-state index is 11.9. The van der Waals surface area contributed by atoms with Gasteiger partial charge >= 0.3 is 0 Å². The third-order valence-electron chi connectivity index (χ3n) is 2.74. The molecule has 1 aromatic rings. The van der Waals surface area contributed by atoms with Crippen LogP contribution in [0.25, 0.3) is 0 Å². The van der Waals surface area contributed by atoms with Gasteiger partial charge in [0.25, 0.3) is 0 Å². The fraction of sp³-hybridized carbons (Fsp3) is 0.562. The molecule has 0 aliphatic carbocycles. The highest BCUT2D eigenvalue weighted by Gasteiger charge is 2.16. The molecule has 1 aromatic carbocycles. The van der Waals surface area contributed by atoms with Crippen molar-refractivity contribution in [2.45, 2.75) is 32.9 Å². The van der Waals surface area contributed by atoms with E-state index in [2.05, 4.69) is 5.32 Å². The molecule has 0 unspecified atom stereocenters. The zero-order valence-corrected chi connectivity index (χ0v) is 14.1. The lowest BCUT2D eigenvalue weighted by atomic mass is 9.92. The number of hydrogen-bond donors (Lipinski definition) is 1. The maximum atomic E-state index is 11.9. The van der Waals surface area contributed by atoms with Crippen LogP contribution in [0, 0.1) is 5.41 Å². The van der Waals surface area contributed by atoms with Crippen molar-refractivity contribution in [2.24, 2.45) is 5.41 Å². The second kappa shape index (κ2) is 8.29. The molecular formula is C16H25NO3S. The van der Waals surface area contributed by atoms with E-state index in [-0.39, 0.29) is 11.3 Å². The minimum Gasteiger partial charge on any atom is -0.384 e. The number of ether oxygens (including phenoxy) is 1. The van der Waals surface area contributed by atoms with Crippen LogP contribution in [0.1, 0.15) is 32.8 Å². The molecule has 0 bridgehead atoms. The first-order valence-corrected chi connectivity index (χ1v) is 8.52. The number of carbonyl (C=O) groups is 1. The van der Waals surface area contributed by atoms with Crippen LogP contribution in [0.15, 0.2) is 24.3 Å². The summed E-state index contributed by atoms with van der Waals surface area (Å²) in [6.45, 7) is 6.58. The van der Waals surface area contributed by atoms with Crippen molar-refractivity contribution in [2.75, 3.05) is 24.8 Å². The summed E-state index contributed by atoms with van der Waals surface area (Å²) in [7, 11) is 0.654. The van der Waals surface area contributed by atoms with Crippen LogP contribution in [0.2, 0.25) is 0 Å². The standard InChI is InChI=1S/C16H25NO3S/c1-16(2,3)11-15(18)17-14-7-5-6-13(10-14)12-21(19)9-8-20-4/h5-7,10H,8-9,11-12H2,1-4H3,(H,17,18)/t21-/m0/s1. The zero-order chi connectivity index (χ0) is 15.9. The number of amides is 1. The zero-order valence-electron chi connectivity index (χ0n) is 13.3. The van der Waals surface area contributed by atoms with Crippen LogP contribution < -0.4 is 5.32 Å². The number of methoxy groups -OCH3 is 1. The Hall–Kier alpha value is -1.20. The fourth-order valence-electron chi connectivity index (χ4n) is 1.86. The van der Waals surface area contributed by atoms with Crippen molar-refractivity contribution in [3.8, 4) is 0 Å². The second-order valence-corrected chi connectivity index (χ2v) is 7.84. The lowest BCUT2D eigenvalue weighted by Crippen LogP contribution is -2.19. The number of nitrogens with one attached hydrogen (secondary N) is 1. The third kappa shape index (κ3) is 7.97. The molecule has 118 valence electrons. The molecule has 0 aliphatic rings. The minimum absolute atomic E-state index is 0.000144. The Balaban J connectivity index is 2.60. The van der Waals surface area contributed by atoms with Crippen molar-refractivity contribution in [1.29, 1.82) is 0 Å². The van der Waals surface area contributed by atoms with E-state index >= 15 is 0 Å². The predicted octanol–water partition coefficient (Wildman–Crippen LogP) is 2.96. The van der Waals surface area contributed by atoms with Crippen molar-refractivity contribution >= 4 is 22.4 Å². The molecule has 4 nitrogen and oxygen atoms in total. The van der Waals surface area contributed by atoms with Gasteiger partial charge in [-0.1, -0.05) is 32.9 Å². The Kier molecular flexibility index (Phi) is 7.05. The Morgan fingerprint density at radius 2 is 2.05 bits per heavy atom. The Morgan fingerprint density at radius 3 is 2.67 bits per heavy atom. The largest absolute Gasteiger partial charge is 0.384 e. The van der Waals surface area contributed by atoms with Gasteiger partial charge in [0.15, 0.2) is 0 Å². The van der Waals surface area contributed by atoms with Crippen LogP contribution in [0.4, 0.5) is 5.69 Å². The lowest BCUT2D eigenvalue weighted by molar-refractivity contribution is -0.117. The van der Waals surface area contributed by atoms with Gasteiger partial charge in [0.2, 0.25) is 5.91 Å². The number of benzene rings is 1. The molecule has 0 aromatic heterocycles. The molecular weight excluding hydrogens is 286 g/mol. The molecule has 21 heavy (non-hydrogen) atoms. The van der Waals surface area contributed by atoms with Crippen LogP contribution >= 0.6 is 0 Å². The highest BCUT2D eigenvalue weighted by molar-refractivity contribution is 7.84. The smallest absolute Gasteiger partial charge is 0.224 e. The van der Waals surface area contributed by atoms with E-state index < -0.39 is 10.8 Å². The summed E-state index contributed by atoms with van der Waals surface area (Å²) in [6.07, 6.45) is 0.469. The van der Waals surface area contributed by atoms with Gasteiger partial charge in [0.05, 0.1) is 6.61 Å². The van der Waals surface area contributed by atoms with Gasteiger partial charge in [0.1, 0.15) is 0 Å². The summed E-state index contributed by atoms with van der Waals surface area (Å²) in [4.78, 5) is 11.9. The Morgan fingerprint density at radius 1 is 1.33 bits per heavy atom. The molecule has 0 heterocycles. The number of rotatable bonds is 7. The summed E-state index contributed by atoms with van der Waals surface area (Å²) in [6, 6.07) is 7.52. The molecule has 0 spiro atoms. The van der Waals surface area contributed by atoms with Crippen molar-refractivity contribution in [3.63, 3.8) is 0 Å². The third-order valence-corrected chi connectivity index (χ3v) is 4.02. The van der Waals surface area contributed by atoms with Crippen LogP contribution in [0.3, 0.4) is 0 Å². The van der Waals surface area contributed by atoms with Crippen LogP contribution in [-0.2, 0) is 26.1 Å². The summed E-state index contributed by atoms with van der Waals surface area (Å²) >= 11 is 0. The van der Waals surface area contributed by atoms with E-state index in [9.17, 15) is 9.00 Å². The van der Waals surface area contributed by atoms with Gasteiger partial charge in [-0.2, -0.15) is 0 Å². The van der Waals surface area contributed by atoms with E-state index in [4.69, 9.17) is 4.74 Å². The molecule has 0 fully saturated rings. The quantitative estimate of drug-likeness (QED) is 0.842. The molecule has 1 N–H and O–H groups in total. The summed E-state index contributed by atoms with van der Waals surface area (Å²) < 4.78 is 16.8. The van der Waals surface area contributed by atoms with E-state index in [1.165, 1.54) is 0 Å². The van der Waals surface area contributed by atoms with Crippen molar-refractivity contribution in [3.05, 3.63) is 29.8 Å². The fourth-order valence-corrected chi connectivity index (χ4v) is 2.91. The molecule has 0 saturated heterocycles. The van der Waals surface area contributed by atoms with Crippen LogP contribution in [0.5, 0.6) is 0 Å². The van der Waals surface area contributed by atoms with Gasteiger partial charge in [-0.3, -0.25) is 9.00 Å². The molecule has 0 aliphatic heterocycles. The average molecular weight is 311 g/mol. The van der Waals surface area contributed by atoms with Gasteiger partial charge < -0.3 is 10.1 Å². The van der Waals surface area contributed by atoms with E-state index in [1.807, 2.05) is 45.0 Å². The lowest BCUT2D eigenvalue weighted by Gasteiger charge is -2.17. The van der Waals surface area contributed by atoms with Crippen molar-refractivity contribution < 1.29 is 13.7 Å². The molecule has 1 amide bonds. The van der Waals surface area contributed by atoms with Crippen molar-refractivity contribution in [1.82, 2.24) is 0 Å². The van der Waals surface area contributed by atoms with Gasteiger partial charge in [-0.05, 0) is 23.1 Å². The number of anilines is 1. The molecule has 1 rings (SSSR count). The minimum atomic E-state index is -0.945. The molecule has 5 heteroatoms. The monoisotopic (exact) mass is 311 g/mol. The summed E-state index contributed by atoms with van der Waals surface area (Å²) in [5, 5.41) is 2.89. The average Bonchev–Trinajstić information content (AvgIpc) is 2.34. The van der Waals surface area contributed by atoms with Crippen LogP contribution in [-0.4, -0.2) is 29.6 Å². The van der Waals surface area contributed by atoms with E-state index in [0.29, 0.717) is 24.5 Å². The first-order chi connectivity index (χ1) is 9.80.